The average molecular weight is 388 g/mol. The van der Waals surface area contributed by atoms with Crippen molar-refractivity contribution in [3.63, 3.8) is 0 Å². The number of thioether (sulfide) groups is 1. The summed E-state index contributed by atoms with van der Waals surface area (Å²) in [6.07, 6.45) is 5.74. The summed E-state index contributed by atoms with van der Waals surface area (Å²) in [5.74, 6) is 7.26. The number of carbonyl (C=O) groups excluding carboxylic acids is 1. The molecule has 1 aromatic heterocycles. The lowest BCUT2D eigenvalue weighted by Gasteiger charge is -2.34. The fourth-order valence-electron chi connectivity index (χ4n) is 3.57. The van der Waals surface area contributed by atoms with Crippen molar-refractivity contribution < 1.29 is 4.79 Å². The Kier molecular flexibility index (Phi) is 6.09. The minimum Gasteiger partial charge on any atom is -0.336 e. The summed E-state index contributed by atoms with van der Waals surface area (Å²) in [6.45, 7) is 6.13. The monoisotopic (exact) mass is 387 g/mol. The van der Waals surface area contributed by atoms with Crippen molar-refractivity contribution in [2.24, 2.45) is 0 Å². The predicted molar refractivity (Wildman–Crippen MR) is 110 cm³/mol. The van der Waals surface area contributed by atoms with Gasteiger partial charge in [0, 0.05) is 17.1 Å². The van der Waals surface area contributed by atoms with Crippen molar-refractivity contribution in [1.29, 1.82) is 0 Å². The second kappa shape index (κ2) is 8.33. The minimum atomic E-state index is -0.192. The maximum Gasteiger partial charge on any atom is 0.237 e. The standard InChI is InChI=1S/C20H29N5OS/c1-20(2,3)18-22-23-19(25(18)21)27-14-17(26)24(15-10-6-4-7-11-15)16-12-8-5-9-13-16/h4,6-7,10-11,16H,5,8-9,12-14,21H2,1-3H3. The van der Waals surface area contributed by atoms with Gasteiger partial charge in [0.15, 0.2) is 5.82 Å². The molecule has 1 amide bonds. The van der Waals surface area contributed by atoms with Gasteiger partial charge in [-0.1, -0.05) is 70.0 Å². The second-order valence-corrected chi connectivity index (χ2v) is 9.05. The molecule has 27 heavy (non-hydrogen) atoms. The number of amides is 1. The van der Waals surface area contributed by atoms with Gasteiger partial charge in [0.05, 0.1) is 5.75 Å². The van der Waals surface area contributed by atoms with Gasteiger partial charge in [0.25, 0.3) is 0 Å². The molecule has 0 aliphatic heterocycles. The van der Waals surface area contributed by atoms with Crippen molar-refractivity contribution in [1.82, 2.24) is 14.9 Å². The van der Waals surface area contributed by atoms with E-state index in [1.54, 1.807) is 0 Å². The van der Waals surface area contributed by atoms with Crippen LogP contribution in [0.1, 0.15) is 58.7 Å². The maximum atomic E-state index is 13.1. The molecule has 3 rings (SSSR count). The summed E-state index contributed by atoms with van der Waals surface area (Å²) in [5.41, 5.74) is 0.780. The van der Waals surface area contributed by atoms with Gasteiger partial charge in [-0.3, -0.25) is 4.79 Å². The number of para-hydroxylation sites is 1. The molecule has 0 bridgehead atoms. The van der Waals surface area contributed by atoms with Gasteiger partial charge >= 0.3 is 0 Å². The third-order valence-electron chi connectivity index (χ3n) is 4.90. The number of hydrogen-bond acceptors (Lipinski definition) is 5. The van der Waals surface area contributed by atoms with Crippen LogP contribution < -0.4 is 10.7 Å². The van der Waals surface area contributed by atoms with Crippen LogP contribution in [0.4, 0.5) is 5.69 Å². The molecule has 0 saturated heterocycles. The second-order valence-electron chi connectivity index (χ2n) is 8.11. The third kappa shape index (κ3) is 4.64. The summed E-state index contributed by atoms with van der Waals surface area (Å²) in [5, 5.41) is 8.95. The van der Waals surface area contributed by atoms with Gasteiger partial charge in [-0.25, -0.2) is 4.68 Å². The van der Waals surface area contributed by atoms with Crippen LogP contribution in [-0.2, 0) is 10.2 Å². The average Bonchev–Trinajstić information content (AvgIpc) is 3.03. The molecule has 1 fully saturated rings. The molecule has 7 heteroatoms. The fraction of sp³-hybridized carbons (Fsp3) is 0.550. The van der Waals surface area contributed by atoms with E-state index in [2.05, 4.69) is 10.2 Å². The lowest BCUT2D eigenvalue weighted by Crippen LogP contribution is -2.42. The van der Waals surface area contributed by atoms with Gasteiger partial charge in [0.2, 0.25) is 11.1 Å². The zero-order valence-electron chi connectivity index (χ0n) is 16.4. The fourth-order valence-corrected chi connectivity index (χ4v) is 4.28. The van der Waals surface area contributed by atoms with Crippen LogP contribution in [0.2, 0.25) is 0 Å². The van der Waals surface area contributed by atoms with E-state index in [4.69, 9.17) is 5.84 Å². The molecule has 0 spiro atoms. The number of aromatic nitrogens is 3. The molecule has 1 aliphatic rings. The molecule has 2 aromatic rings. The van der Waals surface area contributed by atoms with Gasteiger partial charge in [-0.05, 0) is 25.0 Å². The highest BCUT2D eigenvalue weighted by Crippen LogP contribution is 2.29. The molecule has 6 nitrogen and oxygen atoms in total. The van der Waals surface area contributed by atoms with Crippen LogP contribution in [-0.4, -0.2) is 32.6 Å². The third-order valence-corrected chi connectivity index (χ3v) is 5.83. The Morgan fingerprint density at radius 3 is 2.44 bits per heavy atom. The molecule has 2 N–H and O–H groups in total. The summed E-state index contributed by atoms with van der Waals surface area (Å²) in [4.78, 5) is 15.1. The first-order valence-corrected chi connectivity index (χ1v) is 10.6. The van der Waals surface area contributed by atoms with Crippen molar-refractivity contribution in [2.75, 3.05) is 16.5 Å². The smallest absolute Gasteiger partial charge is 0.237 e. The lowest BCUT2D eigenvalue weighted by molar-refractivity contribution is -0.116. The highest BCUT2D eigenvalue weighted by molar-refractivity contribution is 7.99. The van der Waals surface area contributed by atoms with Crippen molar-refractivity contribution >= 4 is 23.4 Å². The highest BCUT2D eigenvalue weighted by Gasteiger charge is 2.28. The van der Waals surface area contributed by atoms with E-state index >= 15 is 0 Å². The van der Waals surface area contributed by atoms with Crippen molar-refractivity contribution in [3.8, 4) is 0 Å². The van der Waals surface area contributed by atoms with Crippen LogP contribution >= 0.6 is 11.8 Å². The molecule has 1 aliphatic carbocycles. The first-order valence-electron chi connectivity index (χ1n) is 9.59. The van der Waals surface area contributed by atoms with Crippen LogP contribution in [0.5, 0.6) is 0 Å². The molecule has 1 saturated carbocycles. The van der Waals surface area contributed by atoms with E-state index in [9.17, 15) is 4.79 Å². The SMILES string of the molecule is CC(C)(C)c1nnc(SCC(=O)N(c2ccccc2)C2CCCCC2)n1N. The largest absolute Gasteiger partial charge is 0.336 e. The number of rotatable bonds is 5. The van der Waals surface area contributed by atoms with E-state index in [-0.39, 0.29) is 17.4 Å². The van der Waals surface area contributed by atoms with Crippen molar-refractivity contribution in [3.05, 3.63) is 36.2 Å². The number of nitrogen functional groups attached to an aromatic ring is 1. The molecule has 0 unspecified atom stereocenters. The van der Waals surface area contributed by atoms with Crippen molar-refractivity contribution in [2.45, 2.75) is 69.5 Å². The van der Waals surface area contributed by atoms with Crippen LogP contribution in [0.15, 0.2) is 35.5 Å². The Morgan fingerprint density at radius 2 is 1.85 bits per heavy atom. The normalized spacial score (nSPS) is 15.7. The topological polar surface area (TPSA) is 77.0 Å². The Labute approximate surface area is 165 Å². The van der Waals surface area contributed by atoms with E-state index in [1.807, 2.05) is 56.0 Å². The van der Waals surface area contributed by atoms with E-state index in [0.29, 0.717) is 16.7 Å². The first kappa shape index (κ1) is 19.7. The molecular weight excluding hydrogens is 358 g/mol. The van der Waals surface area contributed by atoms with Gasteiger partial charge in [-0.2, -0.15) is 0 Å². The molecule has 0 radical (unpaired) electrons. The van der Waals surface area contributed by atoms with Crippen LogP contribution in [0.25, 0.3) is 0 Å². The minimum absolute atomic E-state index is 0.0957. The number of carbonyl (C=O) groups is 1. The van der Waals surface area contributed by atoms with Gasteiger partial charge in [-0.15, -0.1) is 10.2 Å². The predicted octanol–water partition coefficient (Wildman–Crippen LogP) is 3.75. The zero-order valence-corrected chi connectivity index (χ0v) is 17.2. The van der Waals surface area contributed by atoms with Crippen LogP contribution in [0, 0.1) is 0 Å². The summed E-state index contributed by atoms with van der Waals surface area (Å²) >= 11 is 1.35. The van der Waals surface area contributed by atoms with Crippen LogP contribution in [0.3, 0.4) is 0 Å². The number of anilines is 1. The molecule has 1 aromatic carbocycles. The van der Waals surface area contributed by atoms with E-state index in [0.717, 1.165) is 18.5 Å². The first-order chi connectivity index (χ1) is 12.9. The number of hydrogen-bond donors (Lipinski definition) is 1. The number of nitrogens with zero attached hydrogens (tertiary/aromatic N) is 4. The molecule has 1 heterocycles. The quantitative estimate of drug-likeness (QED) is 0.624. The van der Waals surface area contributed by atoms with E-state index in [1.165, 1.54) is 35.7 Å². The maximum absolute atomic E-state index is 13.1. The summed E-state index contributed by atoms with van der Waals surface area (Å²) in [6, 6.07) is 10.2. The molecular formula is C20H29N5OS. The van der Waals surface area contributed by atoms with E-state index < -0.39 is 0 Å². The summed E-state index contributed by atoms with van der Waals surface area (Å²) < 4.78 is 1.51. The lowest BCUT2D eigenvalue weighted by atomic mass is 9.93. The Morgan fingerprint density at radius 1 is 1.19 bits per heavy atom. The Balaban J connectivity index is 1.74. The molecule has 146 valence electrons. The molecule has 0 atom stereocenters. The number of nitrogens with two attached hydrogens (primary N) is 1. The highest BCUT2D eigenvalue weighted by atomic mass is 32.2. The van der Waals surface area contributed by atoms with Gasteiger partial charge in [0.1, 0.15) is 0 Å². The Bertz CT molecular complexity index is 762. The van der Waals surface area contributed by atoms with Gasteiger partial charge < -0.3 is 10.7 Å². The Hall–Kier alpha value is -2.02. The zero-order chi connectivity index (χ0) is 19.4. The summed E-state index contributed by atoms with van der Waals surface area (Å²) in [7, 11) is 0. The number of benzene rings is 1.